The van der Waals surface area contributed by atoms with E-state index in [1.54, 1.807) is 25.1 Å². The van der Waals surface area contributed by atoms with Crippen molar-refractivity contribution in [2.75, 3.05) is 31.9 Å². The zero-order valence-corrected chi connectivity index (χ0v) is 41.5. The van der Waals surface area contributed by atoms with E-state index < -0.39 is 54.6 Å². The second-order valence-corrected chi connectivity index (χ2v) is 18.1. The summed E-state index contributed by atoms with van der Waals surface area (Å²) < 4.78 is 38.5. The van der Waals surface area contributed by atoms with Crippen molar-refractivity contribution in [3.63, 3.8) is 0 Å². The molecule has 19 nitrogen and oxygen atoms in total. The fourth-order valence-corrected chi connectivity index (χ4v) is 9.71. The van der Waals surface area contributed by atoms with Crippen LogP contribution in [-0.4, -0.2) is 112 Å². The smallest absolute Gasteiger partial charge is 0.167 e. The van der Waals surface area contributed by atoms with Crippen LogP contribution in [0.4, 0.5) is 11.6 Å². The van der Waals surface area contributed by atoms with Crippen molar-refractivity contribution in [2.45, 2.75) is 81.2 Å². The van der Waals surface area contributed by atoms with Crippen molar-refractivity contribution >= 4 is 34.0 Å². The SMILES string of the molecule is CC[C@H]1O[C@@H](n2cnc3c(NC(c4ccccc4)(c4ccccc4)c4ccccc4)ncnc32)[C@@H](OCc2ccc(OC)cc2)C1O.COc1ccc(CO[C@H]2C(O)[C@@H](CO)O[C@H]2n2cnc3c(N)ncnc32)cc1. The molecule has 2 aliphatic rings. The van der Waals surface area contributed by atoms with Crippen molar-refractivity contribution in [3.8, 4) is 11.5 Å². The van der Waals surface area contributed by atoms with Gasteiger partial charge in [-0.3, -0.25) is 9.13 Å². The lowest BCUT2D eigenvalue weighted by atomic mass is 9.77. The summed E-state index contributed by atoms with van der Waals surface area (Å²) in [5.74, 6) is 2.32. The van der Waals surface area contributed by atoms with E-state index in [9.17, 15) is 15.3 Å². The largest absolute Gasteiger partial charge is 0.497 e. The molecule has 0 radical (unpaired) electrons. The van der Waals surface area contributed by atoms with Gasteiger partial charge in [-0.15, -0.1) is 0 Å². The van der Waals surface area contributed by atoms with Crippen LogP contribution in [0.1, 0.15) is 53.6 Å². The lowest BCUT2D eigenvalue weighted by Crippen LogP contribution is -2.38. The van der Waals surface area contributed by atoms with Gasteiger partial charge in [0.1, 0.15) is 65.7 Å². The minimum atomic E-state index is -1.02. The first kappa shape index (κ1) is 50.6. The van der Waals surface area contributed by atoms with Gasteiger partial charge >= 0.3 is 0 Å². The number of hydrogen-bond acceptors (Lipinski definition) is 17. The van der Waals surface area contributed by atoms with Gasteiger partial charge in [0, 0.05) is 0 Å². The summed E-state index contributed by atoms with van der Waals surface area (Å²) in [5.41, 5.74) is 12.1. The second kappa shape index (κ2) is 22.7. The first-order chi connectivity index (χ1) is 36.7. The molecule has 0 bridgehead atoms. The van der Waals surface area contributed by atoms with E-state index in [2.05, 4.69) is 61.7 Å². The number of aliphatic hydroxyl groups is 3. The molecule has 0 aliphatic carbocycles. The fourth-order valence-electron chi connectivity index (χ4n) is 9.71. The molecular weight excluding hydrogens is 957 g/mol. The van der Waals surface area contributed by atoms with Gasteiger partial charge in [0.05, 0.1) is 52.8 Å². The van der Waals surface area contributed by atoms with Crippen LogP contribution in [-0.2, 0) is 37.7 Å². The van der Waals surface area contributed by atoms with Crippen molar-refractivity contribution in [1.82, 2.24) is 39.0 Å². The maximum atomic E-state index is 11.3. The summed E-state index contributed by atoms with van der Waals surface area (Å²) in [6, 6.07) is 46.1. The molecule has 0 saturated carbocycles. The molecule has 11 rings (SSSR count). The number of aliphatic hydroxyl groups excluding tert-OH is 3. The van der Waals surface area contributed by atoms with E-state index in [-0.39, 0.29) is 19.0 Å². The van der Waals surface area contributed by atoms with Crippen molar-refractivity contribution in [3.05, 3.63) is 193 Å². The molecule has 0 spiro atoms. The maximum absolute atomic E-state index is 11.3. The lowest BCUT2D eigenvalue weighted by Gasteiger charge is -2.37. The highest BCUT2D eigenvalue weighted by Crippen LogP contribution is 2.42. The number of imidazole rings is 2. The Labute approximate surface area is 432 Å². The van der Waals surface area contributed by atoms with Gasteiger partial charge in [-0.2, -0.15) is 0 Å². The molecule has 2 fully saturated rings. The normalized spacial score (nSPS) is 21.5. The Morgan fingerprint density at radius 3 is 1.48 bits per heavy atom. The van der Waals surface area contributed by atoms with Gasteiger partial charge in [-0.05, 0) is 58.5 Å². The highest BCUT2D eigenvalue weighted by atomic mass is 16.6. The molecule has 6 heterocycles. The van der Waals surface area contributed by atoms with Crippen LogP contribution >= 0.6 is 0 Å². The molecular formula is C56H58N10O9. The first-order valence-corrected chi connectivity index (χ1v) is 24.6. The fraction of sp³-hybridized carbons (Fsp3) is 0.286. The van der Waals surface area contributed by atoms with Gasteiger partial charge in [0.15, 0.2) is 40.9 Å². The van der Waals surface area contributed by atoms with E-state index in [4.69, 9.17) is 44.1 Å². The Kier molecular flexibility index (Phi) is 15.3. The zero-order chi connectivity index (χ0) is 51.9. The van der Waals surface area contributed by atoms with Gasteiger partial charge in [-0.1, -0.05) is 122 Å². The number of nitrogen functional groups attached to an aromatic ring is 1. The van der Waals surface area contributed by atoms with Gasteiger partial charge in [0.2, 0.25) is 0 Å². The predicted molar refractivity (Wildman–Crippen MR) is 278 cm³/mol. The predicted octanol–water partition coefficient (Wildman–Crippen LogP) is 6.75. The first-order valence-electron chi connectivity index (χ1n) is 24.6. The topological polar surface area (TPSA) is 241 Å². The highest BCUT2D eigenvalue weighted by Gasteiger charge is 2.47. The number of nitrogens with zero attached hydrogens (tertiary/aromatic N) is 8. The summed E-state index contributed by atoms with van der Waals surface area (Å²) in [5, 5.41) is 35.2. The summed E-state index contributed by atoms with van der Waals surface area (Å²) in [6.07, 6.45) is 0.873. The second-order valence-electron chi connectivity index (χ2n) is 18.1. The van der Waals surface area contributed by atoms with Crippen LogP contribution in [0.15, 0.2) is 165 Å². The number of nitrogens with two attached hydrogens (primary N) is 1. The quantitative estimate of drug-likeness (QED) is 0.0593. The average molecular weight is 1020 g/mol. The molecule has 9 aromatic rings. The van der Waals surface area contributed by atoms with Gasteiger partial charge in [0.25, 0.3) is 0 Å². The molecule has 386 valence electrons. The molecule has 2 unspecified atom stereocenters. The number of hydrogen-bond donors (Lipinski definition) is 5. The van der Waals surface area contributed by atoms with E-state index >= 15 is 0 Å². The van der Waals surface area contributed by atoms with E-state index in [0.717, 1.165) is 39.3 Å². The van der Waals surface area contributed by atoms with Gasteiger partial charge < -0.3 is 54.8 Å². The Bertz CT molecular complexity index is 3160. The number of fused-ring (bicyclic) bond motifs is 2. The molecule has 5 aromatic carbocycles. The molecule has 8 atom stereocenters. The Balaban J connectivity index is 0.000000195. The number of ether oxygens (including phenoxy) is 6. The molecule has 0 amide bonds. The molecule has 2 aliphatic heterocycles. The summed E-state index contributed by atoms with van der Waals surface area (Å²) in [6.45, 7) is 2.19. The number of methoxy groups -OCH3 is 2. The van der Waals surface area contributed by atoms with Crippen LogP contribution in [0.2, 0.25) is 0 Å². The minimum absolute atomic E-state index is 0.244. The van der Waals surface area contributed by atoms with Crippen molar-refractivity contribution in [2.24, 2.45) is 0 Å². The standard InChI is InChI=1S/C38H37N5O4.C18H21N5O5/c1-3-31-33(44)34(46-23-26-19-21-30(45-2)22-20-26)37(47-31)43-25-41-32-35(39-24-40-36(32)43)42-38(27-13-7-4-8-14-27,28-15-9-5-10-16-28)29-17-11-6-12-18-29;1-26-11-4-2-10(3-5-11)7-27-15-14(25)12(6-24)28-18(15)23-9-22-13-16(19)20-8-21-17(13)23/h4-22,24-25,31,33-34,37,44H,3,23H2,1-2H3,(H,39,40,42);2-5,8-9,12,14-15,18,24-25H,6-7H2,1H3,(H2,19,20,21)/t31-,33?,34+,37-;12-,14?,15+,18-/m11/s1. The summed E-state index contributed by atoms with van der Waals surface area (Å²) in [7, 11) is 3.24. The van der Waals surface area contributed by atoms with Crippen LogP contribution in [0.25, 0.3) is 22.3 Å². The average Bonchev–Trinajstić information content (AvgIpc) is 4.26. The third-order valence-corrected chi connectivity index (χ3v) is 13.6. The van der Waals surface area contributed by atoms with Crippen LogP contribution in [0.3, 0.4) is 0 Å². The number of anilines is 2. The third kappa shape index (κ3) is 10.2. The van der Waals surface area contributed by atoms with Crippen LogP contribution in [0, 0.1) is 0 Å². The molecule has 19 heteroatoms. The summed E-state index contributed by atoms with van der Waals surface area (Å²) >= 11 is 0. The van der Waals surface area contributed by atoms with E-state index in [1.165, 1.54) is 19.0 Å². The number of benzene rings is 5. The molecule has 75 heavy (non-hydrogen) atoms. The Morgan fingerprint density at radius 2 is 1.01 bits per heavy atom. The monoisotopic (exact) mass is 1010 g/mol. The zero-order valence-electron chi connectivity index (χ0n) is 41.5. The minimum Gasteiger partial charge on any atom is -0.497 e. The van der Waals surface area contributed by atoms with Crippen LogP contribution in [0.5, 0.6) is 11.5 Å². The lowest BCUT2D eigenvalue weighted by molar-refractivity contribution is -0.0761. The Morgan fingerprint density at radius 1 is 0.573 bits per heavy atom. The van der Waals surface area contributed by atoms with Gasteiger partial charge in [-0.25, -0.2) is 29.9 Å². The molecule has 6 N–H and O–H groups in total. The summed E-state index contributed by atoms with van der Waals surface area (Å²) in [4.78, 5) is 26.6. The maximum Gasteiger partial charge on any atom is 0.167 e. The third-order valence-electron chi connectivity index (χ3n) is 13.6. The number of nitrogens with one attached hydrogen (secondary N) is 1. The van der Waals surface area contributed by atoms with E-state index in [1.807, 2.05) is 115 Å². The number of aromatic nitrogens is 8. The van der Waals surface area contributed by atoms with Crippen molar-refractivity contribution < 1.29 is 43.7 Å². The molecule has 2 saturated heterocycles. The highest BCUT2D eigenvalue weighted by molar-refractivity contribution is 5.84. The number of rotatable bonds is 17. The van der Waals surface area contributed by atoms with E-state index in [0.29, 0.717) is 41.2 Å². The Hall–Kier alpha value is -7.88. The molecule has 4 aromatic heterocycles. The van der Waals surface area contributed by atoms with Crippen LogP contribution < -0.4 is 20.5 Å². The van der Waals surface area contributed by atoms with Crippen molar-refractivity contribution in [1.29, 1.82) is 0 Å².